The molecule has 3 rings (SSSR count). The van der Waals surface area contributed by atoms with E-state index in [4.69, 9.17) is 9.47 Å². The van der Waals surface area contributed by atoms with Gasteiger partial charge in [-0.25, -0.2) is 0 Å². The van der Waals surface area contributed by atoms with Gasteiger partial charge < -0.3 is 14.8 Å². The first-order chi connectivity index (χ1) is 13.1. The maximum Gasteiger partial charge on any atom is 0.259 e. The summed E-state index contributed by atoms with van der Waals surface area (Å²) in [4.78, 5) is 25.0. The predicted molar refractivity (Wildman–Crippen MR) is 104 cm³/mol. The minimum Gasteiger partial charge on any atom is -0.497 e. The molecule has 0 heterocycles. The second kappa shape index (κ2) is 8.19. The van der Waals surface area contributed by atoms with Gasteiger partial charge in [-0.05, 0) is 36.4 Å². The van der Waals surface area contributed by atoms with Gasteiger partial charge in [-0.1, -0.05) is 30.3 Å². The molecule has 0 radical (unpaired) electrons. The van der Waals surface area contributed by atoms with Crippen molar-refractivity contribution in [2.45, 2.75) is 0 Å². The summed E-state index contributed by atoms with van der Waals surface area (Å²) < 4.78 is 10.4. The maximum atomic E-state index is 12.5. The number of carbonyl (C=O) groups excluding carboxylic acids is 2. The fourth-order valence-electron chi connectivity index (χ4n) is 2.65. The normalized spacial score (nSPS) is 10.1. The van der Waals surface area contributed by atoms with Gasteiger partial charge in [-0.2, -0.15) is 0 Å². The number of methoxy groups -OCH3 is 2. The first-order valence-corrected chi connectivity index (χ1v) is 8.35. The SMILES string of the molecule is COc1ccc(C(=O)Nc2ccc(C(=O)c3ccccc3)cc2)c(OC)c1. The molecule has 0 unspecified atom stereocenters. The Morgan fingerprint density at radius 2 is 1.44 bits per heavy atom. The van der Waals surface area contributed by atoms with E-state index in [0.717, 1.165) is 0 Å². The van der Waals surface area contributed by atoms with Crippen LogP contribution in [-0.4, -0.2) is 25.9 Å². The van der Waals surface area contributed by atoms with Crippen molar-refractivity contribution >= 4 is 17.4 Å². The standard InChI is InChI=1S/C22H19NO4/c1-26-18-12-13-19(20(14-18)27-2)22(25)23-17-10-8-16(9-11-17)21(24)15-6-4-3-5-7-15/h3-14H,1-2H3,(H,23,25). The number of anilines is 1. The number of amides is 1. The summed E-state index contributed by atoms with van der Waals surface area (Å²) in [6.07, 6.45) is 0. The molecule has 5 nitrogen and oxygen atoms in total. The van der Waals surface area contributed by atoms with Crippen LogP contribution in [0.2, 0.25) is 0 Å². The zero-order valence-corrected chi connectivity index (χ0v) is 15.1. The summed E-state index contributed by atoms with van der Waals surface area (Å²) >= 11 is 0. The molecule has 0 bridgehead atoms. The van der Waals surface area contributed by atoms with Crippen LogP contribution in [0.15, 0.2) is 72.8 Å². The largest absolute Gasteiger partial charge is 0.497 e. The van der Waals surface area contributed by atoms with Crippen LogP contribution in [0.5, 0.6) is 11.5 Å². The Morgan fingerprint density at radius 3 is 2.07 bits per heavy atom. The van der Waals surface area contributed by atoms with E-state index in [2.05, 4.69) is 5.32 Å². The molecule has 0 aliphatic rings. The zero-order chi connectivity index (χ0) is 19.2. The average Bonchev–Trinajstić information content (AvgIpc) is 2.73. The third kappa shape index (κ3) is 4.15. The number of ether oxygens (including phenoxy) is 2. The molecular weight excluding hydrogens is 342 g/mol. The highest BCUT2D eigenvalue weighted by Gasteiger charge is 2.14. The first kappa shape index (κ1) is 18.2. The fraction of sp³-hybridized carbons (Fsp3) is 0.0909. The molecule has 0 aromatic heterocycles. The van der Waals surface area contributed by atoms with Crippen molar-refractivity contribution in [2.24, 2.45) is 0 Å². The molecule has 0 atom stereocenters. The molecule has 0 aliphatic heterocycles. The van der Waals surface area contributed by atoms with Gasteiger partial charge >= 0.3 is 0 Å². The lowest BCUT2D eigenvalue weighted by molar-refractivity contribution is 0.102. The summed E-state index contributed by atoms with van der Waals surface area (Å²) in [7, 11) is 3.04. The van der Waals surface area contributed by atoms with Crippen LogP contribution < -0.4 is 14.8 Å². The number of carbonyl (C=O) groups is 2. The van der Waals surface area contributed by atoms with Crippen LogP contribution in [0.4, 0.5) is 5.69 Å². The molecule has 3 aromatic rings. The summed E-state index contributed by atoms with van der Waals surface area (Å²) in [5.74, 6) is 0.650. The van der Waals surface area contributed by atoms with Crippen molar-refractivity contribution in [3.8, 4) is 11.5 Å². The zero-order valence-electron chi connectivity index (χ0n) is 15.1. The van der Waals surface area contributed by atoms with Crippen molar-refractivity contribution in [3.05, 3.63) is 89.5 Å². The van der Waals surface area contributed by atoms with E-state index in [-0.39, 0.29) is 11.7 Å². The van der Waals surface area contributed by atoms with Gasteiger partial charge in [0.2, 0.25) is 0 Å². The summed E-state index contributed by atoms with van der Waals surface area (Å²) in [5.41, 5.74) is 2.16. The molecule has 0 fully saturated rings. The fourth-order valence-corrected chi connectivity index (χ4v) is 2.65. The summed E-state index contributed by atoms with van der Waals surface area (Å²) in [6.45, 7) is 0. The Morgan fingerprint density at radius 1 is 0.778 bits per heavy atom. The summed E-state index contributed by atoms with van der Waals surface area (Å²) in [5, 5.41) is 2.81. The van der Waals surface area contributed by atoms with Crippen LogP contribution in [-0.2, 0) is 0 Å². The quantitative estimate of drug-likeness (QED) is 0.669. The number of ketones is 1. The van der Waals surface area contributed by atoms with Gasteiger partial charge in [-0.15, -0.1) is 0 Å². The maximum absolute atomic E-state index is 12.5. The van der Waals surface area contributed by atoms with Gasteiger partial charge in [0, 0.05) is 22.9 Å². The minimum absolute atomic E-state index is 0.0645. The van der Waals surface area contributed by atoms with Gasteiger partial charge in [0.25, 0.3) is 5.91 Å². The topological polar surface area (TPSA) is 64.6 Å². The molecule has 3 aromatic carbocycles. The van der Waals surface area contributed by atoms with Crippen molar-refractivity contribution in [2.75, 3.05) is 19.5 Å². The Hall–Kier alpha value is -3.60. The molecule has 0 saturated heterocycles. The van der Waals surface area contributed by atoms with Crippen molar-refractivity contribution in [1.82, 2.24) is 0 Å². The highest BCUT2D eigenvalue weighted by Crippen LogP contribution is 2.25. The van der Waals surface area contributed by atoms with Gasteiger partial charge in [0.1, 0.15) is 11.5 Å². The minimum atomic E-state index is -0.309. The van der Waals surface area contributed by atoms with Crippen molar-refractivity contribution < 1.29 is 19.1 Å². The second-order valence-electron chi connectivity index (χ2n) is 5.79. The molecule has 0 spiro atoms. The first-order valence-electron chi connectivity index (χ1n) is 8.35. The summed E-state index contributed by atoms with van der Waals surface area (Å²) in [6, 6.07) is 20.8. The Balaban J connectivity index is 1.75. The van der Waals surface area contributed by atoms with E-state index in [1.165, 1.54) is 7.11 Å². The van der Waals surface area contributed by atoms with Crippen molar-refractivity contribution in [1.29, 1.82) is 0 Å². The third-order valence-corrected chi connectivity index (χ3v) is 4.09. The highest BCUT2D eigenvalue weighted by molar-refractivity contribution is 6.10. The second-order valence-corrected chi connectivity index (χ2v) is 5.79. The molecule has 27 heavy (non-hydrogen) atoms. The van der Waals surface area contributed by atoms with Crippen LogP contribution in [0.3, 0.4) is 0 Å². The van der Waals surface area contributed by atoms with E-state index < -0.39 is 0 Å². The van der Waals surface area contributed by atoms with E-state index >= 15 is 0 Å². The molecule has 0 aliphatic carbocycles. The molecule has 0 saturated carbocycles. The van der Waals surface area contributed by atoms with Gasteiger partial charge in [0.15, 0.2) is 5.78 Å². The molecule has 5 heteroatoms. The van der Waals surface area contributed by atoms with E-state index in [1.807, 2.05) is 18.2 Å². The molecular formula is C22H19NO4. The Labute approximate surface area is 157 Å². The van der Waals surface area contributed by atoms with E-state index in [0.29, 0.717) is 33.9 Å². The Bertz CT molecular complexity index is 950. The van der Waals surface area contributed by atoms with Crippen LogP contribution >= 0.6 is 0 Å². The van der Waals surface area contributed by atoms with Crippen molar-refractivity contribution in [3.63, 3.8) is 0 Å². The highest BCUT2D eigenvalue weighted by atomic mass is 16.5. The molecule has 1 N–H and O–H groups in total. The van der Waals surface area contributed by atoms with Crippen LogP contribution in [0.1, 0.15) is 26.3 Å². The number of hydrogen-bond acceptors (Lipinski definition) is 4. The number of rotatable bonds is 6. The van der Waals surface area contributed by atoms with E-state index in [1.54, 1.807) is 61.7 Å². The lowest BCUT2D eigenvalue weighted by Gasteiger charge is -2.11. The third-order valence-electron chi connectivity index (χ3n) is 4.09. The number of hydrogen-bond donors (Lipinski definition) is 1. The molecule has 1 amide bonds. The number of nitrogens with one attached hydrogen (secondary N) is 1. The van der Waals surface area contributed by atoms with Gasteiger partial charge in [-0.3, -0.25) is 9.59 Å². The average molecular weight is 361 g/mol. The van der Waals surface area contributed by atoms with Crippen LogP contribution in [0, 0.1) is 0 Å². The Kier molecular flexibility index (Phi) is 5.52. The number of benzene rings is 3. The monoisotopic (exact) mass is 361 g/mol. The smallest absolute Gasteiger partial charge is 0.259 e. The predicted octanol–water partition coefficient (Wildman–Crippen LogP) is 4.19. The lowest BCUT2D eigenvalue weighted by Crippen LogP contribution is -2.13. The van der Waals surface area contributed by atoms with Gasteiger partial charge in [0.05, 0.1) is 19.8 Å². The van der Waals surface area contributed by atoms with E-state index in [9.17, 15) is 9.59 Å². The van der Waals surface area contributed by atoms with Crippen LogP contribution in [0.25, 0.3) is 0 Å². The lowest BCUT2D eigenvalue weighted by atomic mass is 10.0. The molecule has 136 valence electrons.